The molecule has 3 nitrogen and oxygen atoms in total. The average Bonchev–Trinajstić information content (AvgIpc) is 2.40. The molecule has 2 fully saturated rings. The van der Waals surface area contributed by atoms with E-state index in [2.05, 4.69) is 35.2 Å². The summed E-state index contributed by atoms with van der Waals surface area (Å²) in [5.74, 6) is 0. The highest BCUT2D eigenvalue weighted by Crippen LogP contribution is 2.45. The van der Waals surface area contributed by atoms with Gasteiger partial charge in [-0.15, -0.1) is 0 Å². The minimum atomic E-state index is 0.0510. The number of ether oxygens (including phenoxy) is 1. The van der Waals surface area contributed by atoms with Gasteiger partial charge in [0.25, 0.3) is 0 Å². The molecule has 1 aliphatic carbocycles. The van der Waals surface area contributed by atoms with E-state index in [1.54, 1.807) is 0 Å². The first-order chi connectivity index (χ1) is 9.32. The van der Waals surface area contributed by atoms with Gasteiger partial charge in [0.2, 0.25) is 0 Å². The third-order valence-corrected chi connectivity index (χ3v) is 4.75. The number of aliphatic hydroxyl groups excluding tert-OH is 1. The van der Waals surface area contributed by atoms with E-state index in [0.717, 1.165) is 39.1 Å². The second-order valence-corrected chi connectivity index (χ2v) is 5.95. The largest absolute Gasteiger partial charge is 0.396 e. The molecule has 1 atom stereocenters. The van der Waals surface area contributed by atoms with Crippen LogP contribution >= 0.6 is 0 Å². The van der Waals surface area contributed by atoms with E-state index in [1.807, 2.05) is 0 Å². The highest BCUT2D eigenvalue weighted by Gasteiger charge is 2.45. The first kappa shape index (κ1) is 13.1. The van der Waals surface area contributed by atoms with E-state index in [1.165, 1.54) is 12.0 Å². The van der Waals surface area contributed by atoms with Crippen molar-refractivity contribution in [2.75, 3.05) is 26.3 Å². The van der Waals surface area contributed by atoms with Crippen molar-refractivity contribution < 1.29 is 9.84 Å². The topological polar surface area (TPSA) is 32.7 Å². The molecule has 1 aromatic rings. The standard InChI is InChI=1S/C16H23NO2/c18-13-16(7-4-8-16)15-12-17(9-10-19-15)11-14-5-2-1-3-6-14/h1-3,5-6,15,18H,4,7-13H2. The Labute approximate surface area is 115 Å². The molecule has 0 amide bonds. The van der Waals surface area contributed by atoms with Gasteiger partial charge in [0.1, 0.15) is 0 Å². The van der Waals surface area contributed by atoms with Gasteiger partial charge in [-0.2, -0.15) is 0 Å². The third kappa shape index (κ3) is 2.69. The van der Waals surface area contributed by atoms with E-state index in [4.69, 9.17) is 4.74 Å². The summed E-state index contributed by atoms with van der Waals surface area (Å²) in [7, 11) is 0. The molecule has 1 saturated carbocycles. The van der Waals surface area contributed by atoms with Crippen molar-refractivity contribution in [1.82, 2.24) is 4.90 Å². The van der Waals surface area contributed by atoms with Crippen LogP contribution in [0, 0.1) is 5.41 Å². The Morgan fingerprint density at radius 3 is 2.68 bits per heavy atom. The van der Waals surface area contributed by atoms with Crippen LogP contribution < -0.4 is 0 Å². The Morgan fingerprint density at radius 2 is 2.05 bits per heavy atom. The molecule has 0 bridgehead atoms. The molecule has 1 aliphatic heterocycles. The number of rotatable bonds is 4. The molecule has 19 heavy (non-hydrogen) atoms. The molecule has 1 N–H and O–H groups in total. The summed E-state index contributed by atoms with van der Waals surface area (Å²) >= 11 is 0. The third-order valence-electron chi connectivity index (χ3n) is 4.75. The number of nitrogens with zero attached hydrogens (tertiary/aromatic N) is 1. The highest BCUT2D eigenvalue weighted by atomic mass is 16.5. The van der Waals surface area contributed by atoms with E-state index < -0.39 is 0 Å². The number of benzene rings is 1. The molecule has 1 aromatic carbocycles. The summed E-state index contributed by atoms with van der Waals surface area (Å²) in [6.45, 7) is 4.00. The lowest BCUT2D eigenvalue weighted by molar-refractivity contribution is -0.144. The van der Waals surface area contributed by atoms with Crippen LogP contribution in [0.5, 0.6) is 0 Å². The molecule has 3 rings (SSSR count). The van der Waals surface area contributed by atoms with Crippen LogP contribution in [0.1, 0.15) is 24.8 Å². The van der Waals surface area contributed by atoms with Crippen molar-refractivity contribution in [1.29, 1.82) is 0 Å². The summed E-state index contributed by atoms with van der Waals surface area (Å²) in [5, 5.41) is 9.67. The molecule has 1 saturated heterocycles. The maximum Gasteiger partial charge on any atom is 0.0780 e. The monoisotopic (exact) mass is 261 g/mol. The van der Waals surface area contributed by atoms with Gasteiger partial charge in [-0.25, -0.2) is 0 Å². The van der Waals surface area contributed by atoms with Crippen LogP contribution in [0.15, 0.2) is 30.3 Å². The summed E-state index contributed by atoms with van der Waals surface area (Å²) in [6.07, 6.45) is 3.68. The minimum absolute atomic E-state index is 0.0510. The van der Waals surface area contributed by atoms with Gasteiger partial charge in [0, 0.05) is 25.0 Å². The van der Waals surface area contributed by atoms with Gasteiger partial charge in [-0.05, 0) is 18.4 Å². The van der Waals surface area contributed by atoms with Crippen molar-refractivity contribution in [3.8, 4) is 0 Å². The zero-order valence-corrected chi connectivity index (χ0v) is 11.4. The average molecular weight is 261 g/mol. The highest BCUT2D eigenvalue weighted by molar-refractivity contribution is 5.14. The lowest BCUT2D eigenvalue weighted by atomic mass is 9.65. The number of aliphatic hydroxyl groups is 1. The zero-order valence-electron chi connectivity index (χ0n) is 11.4. The van der Waals surface area contributed by atoms with E-state index in [-0.39, 0.29) is 18.1 Å². The molecule has 3 heteroatoms. The maximum absolute atomic E-state index is 9.67. The molecule has 2 aliphatic rings. The number of hydrogen-bond acceptors (Lipinski definition) is 3. The van der Waals surface area contributed by atoms with Crippen LogP contribution in [0.2, 0.25) is 0 Å². The molecule has 0 radical (unpaired) electrons. The van der Waals surface area contributed by atoms with Crippen LogP contribution in [-0.4, -0.2) is 42.4 Å². The number of morpholine rings is 1. The summed E-state index contributed by atoms with van der Waals surface area (Å²) in [5.41, 5.74) is 1.41. The van der Waals surface area contributed by atoms with Crippen molar-refractivity contribution in [3.63, 3.8) is 0 Å². The SMILES string of the molecule is OCC1(C2CN(Cc3ccccc3)CCO2)CCC1. The van der Waals surface area contributed by atoms with Crippen molar-refractivity contribution >= 4 is 0 Å². The second kappa shape index (κ2) is 5.61. The Bertz CT molecular complexity index is 397. The van der Waals surface area contributed by atoms with Gasteiger partial charge in [-0.3, -0.25) is 4.90 Å². The Hall–Kier alpha value is -0.900. The Balaban J connectivity index is 1.62. The van der Waals surface area contributed by atoms with Gasteiger partial charge in [-0.1, -0.05) is 36.8 Å². The fourth-order valence-corrected chi connectivity index (χ4v) is 3.27. The van der Waals surface area contributed by atoms with Gasteiger partial charge in [0.15, 0.2) is 0 Å². The fraction of sp³-hybridized carbons (Fsp3) is 0.625. The summed E-state index contributed by atoms with van der Waals surface area (Å²) in [6, 6.07) is 10.6. The van der Waals surface area contributed by atoms with Gasteiger partial charge < -0.3 is 9.84 Å². The maximum atomic E-state index is 9.67. The van der Waals surface area contributed by atoms with Crippen LogP contribution in [0.25, 0.3) is 0 Å². The predicted octanol–water partition coefficient (Wildman–Crippen LogP) is 2.05. The molecule has 1 unspecified atom stereocenters. The van der Waals surface area contributed by atoms with E-state index in [9.17, 15) is 5.11 Å². The molecular weight excluding hydrogens is 238 g/mol. The minimum Gasteiger partial charge on any atom is -0.396 e. The lowest BCUT2D eigenvalue weighted by Crippen LogP contribution is -2.54. The van der Waals surface area contributed by atoms with Crippen LogP contribution in [0.3, 0.4) is 0 Å². The van der Waals surface area contributed by atoms with Crippen molar-refractivity contribution in [2.45, 2.75) is 31.9 Å². The Morgan fingerprint density at radius 1 is 1.26 bits per heavy atom. The summed E-state index contributed by atoms with van der Waals surface area (Å²) < 4.78 is 5.94. The summed E-state index contributed by atoms with van der Waals surface area (Å²) in [4.78, 5) is 2.46. The normalized spacial score (nSPS) is 26.9. The van der Waals surface area contributed by atoms with Crippen molar-refractivity contribution in [3.05, 3.63) is 35.9 Å². The predicted molar refractivity (Wildman–Crippen MR) is 74.8 cm³/mol. The molecule has 104 valence electrons. The first-order valence-electron chi connectivity index (χ1n) is 7.31. The fourth-order valence-electron chi connectivity index (χ4n) is 3.27. The molecule has 0 aromatic heterocycles. The lowest BCUT2D eigenvalue weighted by Gasteiger charge is -2.49. The van der Waals surface area contributed by atoms with E-state index in [0.29, 0.717) is 0 Å². The van der Waals surface area contributed by atoms with Crippen LogP contribution in [-0.2, 0) is 11.3 Å². The molecular formula is C16H23NO2. The Kier molecular flexibility index (Phi) is 3.87. The zero-order chi connectivity index (χ0) is 13.1. The van der Waals surface area contributed by atoms with Gasteiger partial charge >= 0.3 is 0 Å². The van der Waals surface area contributed by atoms with Gasteiger partial charge in [0.05, 0.1) is 19.3 Å². The van der Waals surface area contributed by atoms with E-state index >= 15 is 0 Å². The van der Waals surface area contributed by atoms with Crippen molar-refractivity contribution in [2.24, 2.45) is 5.41 Å². The smallest absolute Gasteiger partial charge is 0.0780 e. The second-order valence-electron chi connectivity index (χ2n) is 5.95. The van der Waals surface area contributed by atoms with Crippen LogP contribution in [0.4, 0.5) is 0 Å². The first-order valence-corrected chi connectivity index (χ1v) is 7.31. The molecule has 1 heterocycles. The molecule has 0 spiro atoms. The quantitative estimate of drug-likeness (QED) is 0.900. The number of hydrogen-bond donors (Lipinski definition) is 1.